The van der Waals surface area contributed by atoms with Crippen LogP contribution in [0.3, 0.4) is 0 Å². The Morgan fingerprint density at radius 3 is 2.88 bits per heavy atom. The summed E-state index contributed by atoms with van der Waals surface area (Å²) in [7, 11) is 0. The molecule has 0 bridgehead atoms. The van der Waals surface area contributed by atoms with Gasteiger partial charge >= 0.3 is 0 Å². The van der Waals surface area contributed by atoms with Crippen LogP contribution >= 0.6 is 0 Å². The van der Waals surface area contributed by atoms with E-state index >= 15 is 0 Å². The Kier molecular flexibility index (Phi) is 1.48. The van der Waals surface area contributed by atoms with Crippen LogP contribution in [0.4, 0.5) is 0 Å². The molecule has 45 valence electrons. The van der Waals surface area contributed by atoms with Gasteiger partial charge in [-0.2, -0.15) is 0 Å². The first-order chi connectivity index (χ1) is 3.83. The first-order valence-electron chi connectivity index (χ1n) is 2.65. The van der Waals surface area contributed by atoms with Crippen molar-refractivity contribution < 1.29 is 4.79 Å². The summed E-state index contributed by atoms with van der Waals surface area (Å²) in [4.78, 5) is 10.4. The van der Waals surface area contributed by atoms with Crippen molar-refractivity contribution in [2.24, 2.45) is 0 Å². The van der Waals surface area contributed by atoms with Gasteiger partial charge in [0.25, 0.3) is 0 Å². The van der Waals surface area contributed by atoms with Crippen LogP contribution in [0.5, 0.6) is 0 Å². The summed E-state index contributed by atoms with van der Waals surface area (Å²) in [6.45, 7) is 4.07. The van der Waals surface area contributed by atoms with E-state index in [1.807, 2.05) is 0 Å². The van der Waals surface area contributed by atoms with E-state index in [4.69, 9.17) is 0 Å². The lowest BCUT2D eigenvalue weighted by Crippen LogP contribution is -2.30. The van der Waals surface area contributed by atoms with Gasteiger partial charge in [0.1, 0.15) is 0 Å². The van der Waals surface area contributed by atoms with Gasteiger partial charge in [0.05, 0.1) is 12.7 Å². The average Bonchev–Trinajstić information content (AvgIpc) is 2.14. The minimum absolute atomic E-state index is 0.0682. The quantitative estimate of drug-likeness (QED) is 0.470. The Balaban J connectivity index is 2.32. The summed E-state index contributed by atoms with van der Waals surface area (Å²) in [6, 6.07) is 0. The van der Waals surface area contributed by atoms with Crippen LogP contribution in [-0.2, 0) is 4.79 Å². The lowest BCUT2D eigenvalue weighted by Gasteiger charge is -2.03. The average molecular weight is 113 g/mol. The molecular weight excluding hydrogens is 104 g/mol. The summed E-state index contributed by atoms with van der Waals surface area (Å²) in [5.41, 5.74) is 0. The van der Waals surface area contributed by atoms with Gasteiger partial charge < -0.3 is 5.32 Å². The van der Waals surface area contributed by atoms with Crippen molar-refractivity contribution in [3.05, 3.63) is 6.92 Å². The molecule has 3 nitrogen and oxygen atoms in total. The molecule has 1 aliphatic rings. The molecule has 1 radical (unpaired) electrons. The number of amides is 1. The summed E-state index contributed by atoms with van der Waals surface area (Å²) in [6.07, 6.45) is 0.827. The molecule has 1 unspecified atom stereocenters. The summed E-state index contributed by atoms with van der Waals surface area (Å²) in [5.74, 6) is 0.0682. The minimum Gasteiger partial charge on any atom is -0.340 e. The van der Waals surface area contributed by atoms with Crippen molar-refractivity contribution in [1.82, 2.24) is 10.6 Å². The van der Waals surface area contributed by atoms with E-state index in [1.54, 1.807) is 0 Å². The normalized spacial score (nSPS) is 28.1. The Morgan fingerprint density at radius 1 is 1.88 bits per heavy atom. The lowest BCUT2D eigenvalue weighted by molar-refractivity contribution is -0.118. The first kappa shape index (κ1) is 5.56. The van der Waals surface area contributed by atoms with Crippen LogP contribution in [0.2, 0.25) is 0 Å². The molecule has 0 aromatic rings. The molecule has 1 amide bonds. The topological polar surface area (TPSA) is 41.1 Å². The molecule has 2 N–H and O–H groups in total. The fourth-order valence-corrected chi connectivity index (χ4v) is 0.687. The van der Waals surface area contributed by atoms with Gasteiger partial charge in [-0.3, -0.25) is 10.1 Å². The van der Waals surface area contributed by atoms with Gasteiger partial charge in [-0.05, 0) is 13.3 Å². The predicted octanol–water partition coefficient (Wildman–Crippen LogP) is -0.744. The maximum absolute atomic E-state index is 10.4. The van der Waals surface area contributed by atoms with Gasteiger partial charge in [0.15, 0.2) is 0 Å². The lowest BCUT2D eigenvalue weighted by atomic mass is 10.4. The van der Waals surface area contributed by atoms with Gasteiger partial charge in [-0.25, -0.2) is 0 Å². The highest BCUT2D eigenvalue weighted by Crippen LogP contribution is 1.89. The Bertz CT molecular complexity index is 103. The maximum atomic E-state index is 10.4. The van der Waals surface area contributed by atoms with Gasteiger partial charge in [-0.15, -0.1) is 0 Å². The van der Waals surface area contributed by atoms with Crippen molar-refractivity contribution in [2.75, 3.05) is 6.54 Å². The summed E-state index contributed by atoms with van der Waals surface area (Å²) >= 11 is 0. The molecule has 1 fully saturated rings. The number of nitrogens with one attached hydrogen (secondary N) is 2. The molecule has 1 aliphatic heterocycles. The molecule has 1 saturated heterocycles. The molecule has 0 aromatic heterocycles. The fraction of sp³-hybridized carbons (Fsp3) is 0.600. The first-order valence-corrected chi connectivity index (χ1v) is 2.65. The zero-order valence-electron chi connectivity index (χ0n) is 4.61. The standard InChI is InChI=1S/C5H9N2O/c1-2-4-6-3-5(8)7-4/h4,6H,1-3H2,(H,7,8). The molecule has 8 heavy (non-hydrogen) atoms. The van der Waals surface area contributed by atoms with Crippen LogP contribution in [-0.4, -0.2) is 18.6 Å². The van der Waals surface area contributed by atoms with E-state index in [1.165, 1.54) is 0 Å². The Morgan fingerprint density at radius 2 is 2.62 bits per heavy atom. The molecule has 0 saturated carbocycles. The zero-order valence-corrected chi connectivity index (χ0v) is 4.61. The minimum atomic E-state index is 0.0682. The van der Waals surface area contributed by atoms with E-state index in [9.17, 15) is 4.79 Å². The van der Waals surface area contributed by atoms with Gasteiger partial charge in [0.2, 0.25) is 5.91 Å². The van der Waals surface area contributed by atoms with Crippen LogP contribution in [0, 0.1) is 6.92 Å². The van der Waals surface area contributed by atoms with Gasteiger partial charge in [0, 0.05) is 0 Å². The monoisotopic (exact) mass is 113 g/mol. The van der Waals surface area contributed by atoms with E-state index < -0.39 is 0 Å². The summed E-state index contributed by atoms with van der Waals surface area (Å²) in [5, 5.41) is 5.62. The van der Waals surface area contributed by atoms with E-state index in [2.05, 4.69) is 17.6 Å². The Labute approximate surface area is 48.5 Å². The molecule has 0 aliphatic carbocycles. The van der Waals surface area contributed by atoms with E-state index in [0.29, 0.717) is 13.0 Å². The second kappa shape index (κ2) is 2.13. The third-order valence-electron chi connectivity index (χ3n) is 1.13. The number of carbonyl (C=O) groups is 1. The third-order valence-corrected chi connectivity index (χ3v) is 1.13. The van der Waals surface area contributed by atoms with E-state index in [-0.39, 0.29) is 12.1 Å². The zero-order chi connectivity index (χ0) is 5.98. The smallest absolute Gasteiger partial charge is 0.235 e. The summed E-state index contributed by atoms with van der Waals surface area (Å²) < 4.78 is 0. The van der Waals surface area contributed by atoms with Crippen molar-refractivity contribution in [2.45, 2.75) is 12.6 Å². The predicted molar refractivity (Wildman–Crippen MR) is 29.9 cm³/mol. The molecule has 0 spiro atoms. The number of hydrogen-bond donors (Lipinski definition) is 2. The molecule has 1 atom stereocenters. The number of carbonyl (C=O) groups excluding carboxylic acids is 1. The van der Waals surface area contributed by atoms with Crippen molar-refractivity contribution in [1.29, 1.82) is 0 Å². The molecule has 3 heteroatoms. The fourth-order valence-electron chi connectivity index (χ4n) is 0.687. The largest absolute Gasteiger partial charge is 0.340 e. The SMILES string of the molecule is [CH2]CC1NCC(=O)N1. The Hall–Kier alpha value is -0.570. The van der Waals surface area contributed by atoms with Crippen LogP contribution in [0.25, 0.3) is 0 Å². The molecule has 0 aromatic carbocycles. The maximum Gasteiger partial charge on any atom is 0.235 e. The number of rotatable bonds is 1. The number of hydrogen-bond acceptors (Lipinski definition) is 2. The molecule has 1 rings (SSSR count). The highest BCUT2D eigenvalue weighted by atomic mass is 16.2. The third kappa shape index (κ3) is 0.980. The van der Waals surface area contributed by atoms with Crippen LogP contribution in [0.15, 0.2) is 0 Å². The van der Waals surface area contributed by atoms with Crippen molar-refractivity contribution in [3.8, 4) is 0 Å². The van der Waals surface area contributed by atoms with Crippen molar-refractivity contribution in [3.63, 3.8) is 0 Å². The molecule has 1 heterocycles. The van der Waals surface area contributed by atoms with Crippen molar-refractivity contribution >= 4 is 5.91 Å². The van der Waals surface area contributed by atoms with Crippen LogP contribution in [0.1, 0.15) is 6.42 Å². The highest BCUT2D eigenvalue weighted by molar-refractivity contribution is 5.80. The van der Waals surface area contributed by atoms with Crippen LogP contribution < -0.4 is 10.6 Å². The van der Waals surface area contributed by atoms with Gasteiger partial charge in [-0.1, -0.05) is 0 Å². The second-order valence-electron chi connectivity index (χ2n) is 1.79. The van der Waals surface area contributed by atoms with E-state index in [0.717, 1.165) is 0 Å². The highest BCUT2D eigenvalue weighted by Gasteiger charge is 2.16. The molecular formula is C5H9N2O. The second-order valence-corrected chi connectivity index (χ2v) is 1.79.